The van der Waals surface area contributed by atoms with Crippen LogP contribution in [-0.2, 0) is 0 Å². The highest BCUT2D eigenvalue weighted by Crippen LogP contribution is 2.25. The molecule has 0 saturated carbocycles. The third-order valence-electron chi connectivity index (χ3n) is 2.22. The Labute approximate surface area is 108 Å². The van der Waals surface area contributed by atoms with Crippen LogP contribution >= 0.6 is 11.6 Å². The van der Waals surface area contributed by atoms with Gasteiger partial charge in [-0.2, -0.15) is 5.26 Å². The zero-order chi connectivity index (χ0) is 13.0. The number of nitrogens with zero attached hydrogens (tertiary/aromatic N) is 1. The van der Waals surface area contributed by atoms with E-state index in [1.807, 2.05) is 6.07 Å². The minimum atomic E-state index is -0.277. The Morgan fingerprint density at radius 1 is 1.44 bits per heavy atom. The van der Waals surface area contributed by atoms with E-state index < -0.39 is 0 Å². The van der Waals surface area contributed by atoms with Crippen LogP contribution in [0.4, 0.5) is 0 Å². The lowest BCUT2D eigenvalue weighted by molar-refractivity contribution is 0.0894. The highest BCUT2D eigenvalue weighted by Gasteiger charge is 2.11. The van der Waals surface area contributed by atoms with Gasteiger partial charge in [0.1, 0.15) is 5.75 Å². The number of ether oxygens (including phenoxy) is 1. The van der Waals surface area contributed by atoms with Crippen molar-refractivity contribution in [2.75, 3.05) is 6.61 Å². The van der Waals surface area contributed by atoms with Crippen LogP contribution in [0.15, 0.2) is 41.0 Å². The van der Waals surface area contributed by atoms with Crippen molar-refractivity contribution >= 4 is 17.4 Å². The predicted molar refractivity (Wildman–Crippen MR) is 64.7 cm³/mol. The van der Waals surface area contributed by atoms with E-state index in [-0.39, 0.29) is 18.2 Å². The molecule has 0 unspecified atom stereocenters. The minimum absolute atomic E-state index is 0.168. The molecule has 0 aliphatic carbocycles. The SMILES string of the molecule is N#Cc1ccc(OCC(=O)c2ccco2)c(Cl)c1. The van der Waals surface area contributed by atoms with Gasteiger partial charge in [-0.25, -0.2) is 0 Å². The number of hydrogen-bond acceptors (Lipinski definition) is 4. The van der Waals surface area contributed by atoms with Crippen LogP contribution in [0.3, 0.4) is 0 Å². The molecule has 2 rings (SSSR count). The zero-order valence-electron chi connectivity index (χ0n) is 9.22. The van der Waals surface area contributed by atoms with E-state index in [2.05, 4.69) is 0 Å². The van der Waals surface area contributed by atoms with E-state index in [0.29, 0.717) is 16.3 Å². The van der Waals surface area contributed by atoms with E-state index in [9.17, 15) is 4.79 Å². The molecule has 0 amide bonds. The Morgan fingerprint density at radius 2 is 2.28 bits per heavy atom. The van der Waals surface area contributed by atoms with Gasteiger partial charge in [-0.05, 0) is 30.3 Å². The average molecular weight is 262 g/mol. The van der Waals surface area contributed by atoms with Crippen molar-refractivity contribution in [2.45, 2.75) is 0 Å². The highest BCUT2D eigenvalue weighted by atomic mass is 35.5. The largest absolute Gasteiger partial charge is 0.484 e. The molecule has 0 aliphatic rings. The first-order valence-electron chi connectivity index (χ1n) is 5.10. The van der Waals surface area contributed by atoms with E-state index in [1.54, 1.807) is 24.3 Å². The van der Waals surface area contributed by atoms with Gasteiger partial charge in [0.2, 0.25) is 5.78 Å². The summed E-state index contributed by atoms with van der Waals surface area (Å²) in [7, 11) is 0. The number of ketones is 1. The van der Waals surface area contributed by atoms with Crippen molar-refractivity contribution in [3.63, 3.8) is 0 Å². The Morgan fingerprint density at radius 3 is 2.89 bits per heavy atom. The maximum Gasteiger partial charge on any atom is 0.235 e. The number of carbonyl (C=O) groups excluding carboxylic acids is 1. The first-order chi connectivity index (χ1) is 8.70. The fourth-order valence-corrected chi connectivity index (χ4v) is 1.57. The molecule has 0 fully saturated rings. The zero-order valence-corrected chi connectivity index (χ0v) is 9.98. The van der Waals surface area contributed by atoms with Gasteiger partial charge in [-0.3, -0.25) is 4.79 Å². The van der Waals surface area contributed by atoms with E-state index >= 15 is 0 Å². The summed E-state index contributed by atoms with van der Waals surface area (Å²) in [5.41, 5.74) is 0.435. The lowest BCUT2D eigenvalue weighted by atomic mass is 10.2. The Balaban J connectivity index is 2.03. The number of furan rings is 1. The van der Waals surface area contributed by atoms with Crippen molar-refractivity contribution in [1.82, 2.24) is 0 Å². The Kier molecular flexibility index (Phi) is 3.66. The normalized spacial score (nSPS) is 9.78. The van der Waals surface area contributed by atoms with Crippen LogP contribution in [0.5, 0.6) is 5.75 Å². The Bertz CT molecular complexity index is 599. The summed E-state index contributed by atoms with van der Waals surface area (Å²) in [6.45, 7) is -0.168. The molecule has 4 nitrogen and oxygen atoms in total. The monoisotopic (exact) mass is 261 g/mol. The fraction of sp³-hybridized carbons (Fsp3) is 0.0769. The van der Waals surface area contributed by atoms with Gasteiger partial charge >= 0.3 is 0 Å². The number of rotatable bonds is 4. The molecule has 0 N–H and O–H groups in total. The van der Waals surface area contributed by atoms with E-state index in [1.165, 1.54) is 12.3 Å². The molecule has 1 heterocycles. The smallest absolute Gasteiger partial charge is 0.235 e. The second-order valence-corrected chi connectivity index (χ2v) is 3.85. The average Bonchev–Trinajstić information content (AvgIpc) is 2.90. The maximum atomic E-state index is 11.6. The van der Waals surface area contributed by atoms with Crippen molar-refractivity contribution < 1.29 is 13.9 Å². The summed E-state index contributed by atoms with van der Waals surface area (Å²) in [6.07, 6.45) is 1.42. The molecule has 90 valence electrons. The molecule has 0 aliphatic heterocycles. The first kappa shape index (κ1) is 12.2. The van der Waals surface area contributed by atoms with Crippen LogP contribution in [-0.4, -0.2) is 12.4 Å². The molecule has 0 spiro atoms. The molecular formula is C13H8ClNO3. The van der Waals surface area contributed by atoms with E-state index in [0.717, 1.165) is 0 Å². The third kappa shape index (κ3) is 2.70. The molecule has 0 radical (unpaired) electrons. The second kappa shape index (κ2) is 5.39. The lowest BCUT2D eigenvalue weighted by Crippen LogP contribution is -2.10. The fourth-order valence-electron chi connectivity index (χ4n) is 1.34. The first-order valence-corrected chi connectivity index (χ1v) is 5.47. The number of benzene rings is 1. The van der Waals surface area contributed by atoms with Gasteiger partial charge in [0.25, 0.3) is 0 Å². The van der Waals surface area contributed by atoms with Crippen molar-refractivity contribution in [3.05, 3.63) is 52.9 Å². The third-order valence-corrected chi connectivity index (χ3v) is 2.51. The van der Waals surface area contributed by atoms with Crippen LogP contribution in [0.2, 0.25) is 5.02 Å². The van der Waals surface area contributed by atoms with Gasteiger partial charge in [0, 0.05) is 0 Å². The van der Waals surface area contributed by atoms with Gasteiger partial charge in [0.15, 0.2) is 12.4 Å². The molecule has 5 heteroatoms. The minimum Gasteiger partial charge on any atom is -0.484 e. The molecule has 0 bridgehead atoms. The van der Waals surface area contributed by atoms with Crippen LogP contribution in [0.1, 0.15) is 16.1 Å². The van der Waals surface area contributed by atoms with Crippen LogP contribution in [0, 0.1) is 11.3 Å². The van der Waals surface area contributed by atoms with Crippen molar-refractivity contribution in [2.24, 2.45) is 0 Å². The van der Waals surface area contributed by atoms with Crippen LogP contribution in [0.25, 0.3) is 0 Å². The molecule has 18 heavy (non-hydrogen) atoms. The quantitative estimate of drug-likeness (QED) is 0.794. The summed E-state index contributed by atoms with van der Waals surface area (Å²) in [5, 5.41) is 8.97. The lowest BCUT2D eigenvalue weighted by Gasteiger charge is -2.06. The van der Waals surface area contributed by atoms with Crippen molar-refractivity contribution in [1.29, 1.82) is 5.26 Å². The summed E-state index contributed by atoms with van der Waals surface area (Å²) in [5.74, 6) is 0.316. The van der Waals surface area contributed by atoms with Gasteiger partial charge in [0.05, 0.1) is 22.9 Å². The molecule has 1 aromatic heterocycles. The summed E-state index contributed by atoms with van der Waals surface area (Å²) >= 11 is 5.91. The van der Waals surface area contributed by atoms with Gasteiger partial charge in [-0.1, -0.05) is 11.6 Å². The number of Topliss-reactive ketones (excluding diaryl/α,β-unsaturated/α-hetero) is 1. The maximum absolute atomic E-state index is 11.6. The standard InChI is InChI=1S/C13H8ClNO3/c14-10-6-9(7-15)3-4-12(10)18-8-11(16)13-2-1-5-17-13/h1-6H,8H2. The number of hydrogen-bond donors (Lipinski definition) is 0. The molecule has 1 aromatic carbocycles. The second-order valence-electron chi connectivity index (χ2n) is 3.45. The van der Waals surface area contributed by atoms with Gasteiger partial charge in [-0.15, -0.1) is 0 Å². The number of nitriles is 1. The van der Waals surface area contributed by atoms with Crippen molar-refractivity contribution in [3.8, 4) is 11.8 Å². The summed E-state index contributed by atoms with van der Waals surface area (Å²) < 4.78 is 10.2. The molecule has 0 saturated heterocycles. The summed E-state index contributed by atoms with van der Waals surface area (Å²) in [6, 6.07) is 9.75. The molecular weight excluding hydrogens is 254 g/mol. The highest BCUT2D eigenvalue weighted by molar-refractivity contribution is 6.32. The van der Waals surface area contributed by atoms with Gasteiger partial charge < -0.3 is 9.15 Å². The predicted octanol–water partition coefficient (Wildman–Crippen LogP) is 3.07. The molecule has 0 atom stereocenters. The number of carbonyl (C=O) groups is 1. The van der Waals surface area contributed by atoms with Crippen LogP contribution < -0.4 is 4.74 Å². The number of halogens is 1. The Hall–Kier alpha value is -2.25. The molecule has 2 aromatic rings. The van der Waals surface area contributed by atoms with E-state index in [4.69, 9.17) is 26.0 Å². The summed E-state index contributed by atoms with van der Waals surface area (Å²) in [4.78, 5) is 11.6. The topological polar surface area (TPSA) is 63.2 Å².